The van der Waals surface area contributed by atoms with Crippen LogP contribution in [0.2, 0.25) is 0 Å². The molecule has 24 heavy (non-hydrogen) atoms. The van der Waals surface area contributed by atoms with Gasteiger partial charge in [0.05, 0.1) is 18.6 Å². The Labute approximate surface area is 144 Å². The number of piperidine rings is 1. The zero-order valence-corrected chi connectivity index (χ0v) is 15.6. The zero-order valence-electron chi connectivity index (χ0n) is 14.8. The van der Waals surface area contributed by atoms with Crippen molar-refractivity contribution in [2.75, 3.05) is 26.7 Å². The molecule has 1 heterocycles. The Hall–Kier alpha value is -1.60. The van der Waals surface area contributed by atoms with Gasteiger partial charge in [-0.05, 0) is 55.9 Å². The second-order valence-corrected chi connectivity index (χ2v) is 8.23. The molecule has 1 fully saturated rings. The fourth-order valence-electron chi connectivity index (χ4n) is 3.03. The summed E-state index contributed by atoms with van der Waals surface area (Å²) >= 11 is 0. The molecule has 1 N–H and O–H groups in total. The molecule has 134 valence electrons. The van der Waals surface area contributed by atoms with Gasteiger partial charge in [-0.3, -0.25) is 4.79 Å². The van der Waals surface area contributed by atoms with E-state index in [0.717, 1.165) is 18.4 Å². The van der Waals surface area contributed by atoms with Gasteiger partial charge in [-0.15, -0.1) is 0 Å². The van der Waals surface area contributed by atoms with Gasteiger partial charge in [0.2, 0.25) is 15.9 Å². The third kappa shape index (κ3) is 4.27. The zero-order chi connectivity index (χ0) is 17.9. The van der Waals surface area contributed by atoms with Gasteiger partial charge in [0.15, 0.2) is 0 Å². The number of carbonyl (C=O) groups is 1. The number of carbonyl (C=O) groups excluding carboxylic acids is 1. The Bertz CT molecular complexity index is 716. The summed E-state index contributed by atoms with van der Waals surface area (Å²) in [6.45, 7) is 6.79. The van der Waals surface area contributed by atoms with E-state index < -0.39 is 10.0 Å². The molecule has 0 aliphatic carbocycles. The van der Waals surface area contributed by atoms with Crippen LogP contribution in [-0.2, 0) is 14.8 Å². The fraction of sp³-hybridized carbons (Fsp3) is 0.588. The van der Waals surface area contributed by atoms with Crippen molar-refractivity contribution in [1.29, 1.82) is 0 Å². The predicted molar refractivity (Wildman–Crippen MR) is 92.6 cm³/mol. The molecule has 0 radical (unpaired) electrons. The van der Waals surface area contributed by atoms with Crippen LogP contribution in [0.1, 0.15) is 30.9 Å². The maximum absolute atomic E-state index is 12.5. The molecule has 1 unspecified atom stereocenters. The molecule has 1 aliphatic rings. The monoisotopic (exact) mass is 354 g/mol. The third-order valence-corrected chi connectivity index (χ3v) is 5.95. The summed E-state index contributed by atoms with van der Waals surface area (Å²) in [4.78, 5) is 14.2. The Balaban J connectivity index is 2.09. The van der Waals surface area contributed by atoms with Crippen molar-refractivity contribution >= 4 is 15.9 Å². The van der Waals surface area contributed by atoms with Crippen LogP contribution >= 0.6 is 0 Å². The van der Waals surface area contributed by atoms with E-state index in [-0.39, 0.29) is 17.3 Å². The summed E-state index contributed by atoms with van der Waals surface area (Å²) in [5.74, 6) is 0.934. The number of likely N-dealkylation sites (tertiary alicyclic amines) is 1. The summed E-state index contributed by atoms with van der Waals surface area (Å²) in [6, 6.07) is 3.27. The second kappa shape index (κ2) is 7.53. The molecule has 6 nitrogen and oxygen atoms in total. The highest BCUT2D eigenvalue weighted by Gasteiger charge is 2.24. The van der Waals surface area contributed by atoms with E-state index in [1.165, 1.54) is 0 Å². The number of amides is 1. The average Bonchev–Trinajstić information content (AvgIpc) is 2.54. The first-order valence-corrected chi connectivity index (χ1v) is 9.65. The number of hydrogen-bond acceptors (Lipinski definition) is 4. The highest BCUT2D eigenvalue weighted by atomic mass is 32.2. The highest BCUT2D eigenvalue weighted by molar-refractivity contribution is 7.89. The van der Waals surface area contributed by atoms with Crippen molar-refractivity contribution in [3.05, 3.63) is 23.3 Å². The molecule has 0 spiro atoms. The molecular weight excluding hydrogens is 328 g/mol. The first kappa shape index (κ1) is 18.7. The lowest BCUT2D eigenvalue weighted by atomic mass is 10.0. The van der Waals surface area contributed by atoms with Crippen molar-refractivity contribution in [1.82, 2.24) is 9.62 Å². The van der Waals surface area contributed by atoms with E-state index in [1.807, 2.05) is 0 Å². The van der Waals surface area contributed by atoms with Gasteiger partial charge in [0.25, 0.3) is 0 Å². The van der Waals surface area contributed by atoms with Gasteiger partial charge in [0, 0.05) is 13.1 Å². The Morgan fingerprint density at radius 2 is 2.04 bits per heavy atom. The smallest absolute Gasteiger partial charge is 0.241 e. The number of nitrogens with zero attached hydrogens (tertiary/aromatic N) is 1. The minimum absolute atomic E-state index is 0.173. The van der Waals surface area contributed by atoms with Crippen molar-refractivity contribution < 1.29 is 17.9 Å². The standard InChI is InChI=1S/C17H26N2O4S/c1-12-6-5-7-19(11-12)17(20)10-18-24(21,22)16-9-13(2)15(23-4)8-14(16)3/h8-9,12,18H,5-7,10-11H2,1-4H3. The number of hydrogen-bond donors (Lipinski definition) is 1. The molecule has 1 aromatic rings. The van der Waals surface area contributed by atoms with Crippen LogP contribution in [0.15, 0.2) is 17.0 Å². The van der Waals surface area contributed by atoms with Gasteiger partial charge in [-0.25, -0.2) is 13.1 Å². The summed E-state index contributed by atoms with van der Waals surface area (Å²) < 4.78 is 32.7. The number of ether oxygens (including phenoxy) is 1. The number of rotatable bonds is 5. The molecule has 1 amide bonds. The largest absolute Gasteiger partial charge is 0.496 e. The van der Waals surface area contributed by atoms with Crippen molar-refractivity contribution in [3.8, 4) is 5.75 Å². The number of methoxy groups -OCH3 is 1. The minimum atomic E-state index is -3.74. The molecule has 0 aromatic heterocycles. The van der Waals surface area contributed by atoms with Crippen molar-refractivity contribution in [3.63, 3.8) is 0 Å². The molecule has 7 heteroatoms. The minimum Gasteiger partial charge on any atom is -0.496 e. The SMILES string of the molecule is COc1cc(C)c(S(=O)(=O)NCC(=O)N2CCCC(C)C2)cc1C. The molecule has 0 bridgehead atoms. The van der Waals surface area contributed by atoms with E-state index in [0.29, 0.717) is 30.3 Å². The van der Waals surface area contributed by atoms with E-state index in [4.69, 9.17) is 4.74 Å². The molecule has 2 rings (SSSR count). The summed E-state index contributed by atoms with van der Waals surface area (Å²) in [7, 11) is -2.19. The van der Waals surface area contributed by atoms with E-state index in [1.54, 1.807) is 38.0 Å². The van der Waals surface area contributed by atoms with E-state index in [9.17, 15) is 13.2 Å². The van der Waals surface area contributed by atoms with Crippen molar-refractivity contribution in [2.24, 2.45) is 5.92 Å². The molecule has 1 aromatic carbocycles. The summed E-state index contributed by atoms with van der Waals surface area (Å²) in [5.41, 5.74) is 1.32. The molecule has 0 saturated carbocycles. The molecule has 1 atom stereocenters. The van der Waals surface area contributed by atoms with Crippen molar-refractivity contribution in [2.45, 2.75) is 38.5 Å². The third-order valence-electron chi connectivity index (χ3n) is 4.41. The van der Waals surface area contributed by atoms with Gasteiger partial charge in [0.1, 0.15) is 5.75 Å². The first-order valence-electron chi connectivity index (χ1n) is 8.17. The lowest BCUT2D eigenvalue weighted by Crippen LogP contribution is -2.44. The molecular formula is C17H26N2O4S. The Morgan fingerprint density at radius 1 is 1.33 bits per heavy atom. The predicted octanol–water partition coefficient (Wildman–Crippen LogP) is 1.85. The summed E-state index contributed by atoms with van der Waals surface area (Å²) in [5, 5.41) is 0. The highest BCUT2D eigenvalue weighted by Crippen LogP contribution is 2.25. The van der Waals surface area contributed by atoms with Gasteiger partial charge in [-0.1, -0.05) is 6.92 Å². The number of nitrogens with one attached hydrogen (secondary N) is 1. The van der Waals surface area contributed by atoms with Crippen LogP contribution in [0, 0.1) is 19.8 Å². The van der Waals surface area contributed by atoms with Crippen LogP contribution in [0.4, 0.5) is 0 Å². The van der Waals surface area contributed by atoms with Crippen LogP contribution in [-0.4, -0.2) is 46.0 Å². The molecule has 1 aliphatic heterocycles. The van der Waals surface area contributed by atoms with Crippen LogP contribution in [0.5, 0.6) is 5.75 Å². The number of sulfonamides is 1. The van der Waals surface area contributed by atoms with E-state index >= 15 is 0 Å². The second-order valence-electron chi connectivity index (χ2n) is 6.50. The van der Waals surface area contributed by atoms with Gasteiger partial charge < -0.3 is 9.64 Å². The average molecular weight is 354 g/mol. The van der Waals surface area contributed by atoms with E-state index in [2.05, 4.69) is 11.6 Å². The van der Waals surface area contributed by atoms with Gasteiger partial charge >= 0.3 is 0 Å². The maximum Gasteiger partial charge on any atom is 0.241 e. The fourth-order valence-corrected chi connectivity index (χ4v) is 4.32. The van der Waals surface area contributed by atoms with Crippen LogP contribution < -0.4 is 9.46 Å². The lowest BCUT2D eigenvalue weighted by molar-refractivity contribution is -0.131. The Kier molecular flexibility index (Phi) is 5.87. The van der Waals surface area contributed by atoms with Crippen LogP contribution in [0.25, 0.3) is 0 Å². The first-order chi connectivity index (χ1) is 11.2. The quantitative estimate of drug-likeness (QED) is 0.875. The maximum atomic E-state index is 12.5. The van der Waals surface area contributed by atoms with Crippen LogP contribution in [0.3, 0.4) is 0 Å². The summed E-state index contributed by atoms with van der Waals surface area (Å²) in [6.07, 6.45) is 2.08. The number of benzene rings is 1. The van der Waals surface area contributed by atoms with Gasteiger partial charge in [-0.2, -0.15) is 0 Å². The Morgan fingerprint density at radius 3 is 2.67 bits per heavy atom. The topological polar surface area (TPSA) is 75.7 Å². The lowest BCUT2D eigenvalue weighted by Gasteiger charge is -2.31. The number of aryl methyl sites for hydroxylation is 2. The normalized spacial score (nSPS) is 18.5. The molecule has 1 saturated heterocycles.